The van der Waals surface area contributed by atoms with Crippen molar-refractivity contribution in [3.63, 3.8) is 0 Å². The Morgan fingerprint density at radius 1 is 0.893 bits per heavy atom. The summed E-state index contributed by atoms with van der Waals surface area (Å²) in [4.78, 5) is 0. The van der Waals surface area contributed by atoms with E-state index >= 15 is 0 Å². The van der Waals surface area contributed by atoms with Gasteiger partial charge in [-0.1, -0.05) is 36.4 Å². The number of ether oxygens (including phenoxy) is 4. The van der Waals surface area contributed by atoms with Crippen LogP contribution < -0.4 is 0 Å². The van der Waals surface area contributed by atoms with Crippen molar-refractivity contribution in [3.8, 4) is 0 Å². The fourth-order valence-electron chi connectivity index (χ4n) is 4.45. The van der Waals surface area contributed by atoms with Crippen LogP contribution in [0.25, 0.3) is 0 Å². The van der Waals surface area contributed by atoms with Gasteiger partial charge in [0.05, 0.1) is 24.4 Å². The summed E-state index contributed by atoms with van der Waals surface area (Å²) >= 11 is 0. The second-order valence-corrected chi connectivity index (χ2v) is 9.00. The van der Waals surface area contributed by atoms with Crippen molar-refractivity contribution >= 4 is 0 Å². The Morgan fingerprint density at radius 3 is 2.18 bits per heavy atom. The minimum atomic E-state index is -0.586. The van der Waals surface area contributed by atoms with E-state index in [1.165, 1.54) is 5.56 Å². The molecule has 3 rings (SSSR count). The van der Waals surface area contributed by atoms with E-state index in [1.807, 2.05) is 33.8 Å². The Labute approximate surface area is 170 Å². The molecular formula is C24H36O4. The first kappa shape index (κ1) is 21.5. The van der Waals surface area contributed by atoms with Crippen molar-refractivity contribution in [1.82, 2.24) is 0 Å². The molecule has 28 heavy (non-hydrogen) atoms. The molecule has 1 aromatic carbocycles. The summed E-state index contributed by atoms with van der Waals surface area (Å²) in [5.74, 6) is -1.14. The van der Waals surface area contributed by atoms with E-state index in [0.717, 1.165) is 38.5 Å². The van der Waals surface area contributed by atoms with Crippen molar-refractivity contribution in [2.75, 3.05) is 0 Å². The summed E-state index contributed by atoms with van der Waals surface area (Å²) in [6.45, 7) is 11.9. The van der Waals surface area contributed by atoms with Gasteiger partial charge in [0.25, 0.3) is 0 Å². The van der Waals surface area contributed by atoms with Crippen LogP contribution in [0.3, 0.4) is 0 Å². The van der Waals surface area contributed by atoms with E-state index in [1.54, 1.807) is 0 Å². The molecule has 0 radical (unpaired) electrons. The fourth-order valence-corrected chi connectivity index (χ4v) is 4.45. The number of rotatable bonds is 7. The molecule has 4 atom stereocenters. The largest absolute Gasteiger partial charge is 0.347 e. The number of benzene rings is 1. The molecule has 0 unspecified atom stereocenters. The van der Waals surface area contributed by atoms with Crippen LogP contribution in [0.2, 0.25) is 0 Å². The highest BCUT2D eigenvalue weighted by atomic mass is 16.7. The third kappa shape index (κ3) is 6.41. The molecule has 0 saturated carbocycles. The van der Waals surface area contributed by atoms with Crippen LogP contribution in [-0.4, -0.2) is 36.0 Å². The number of hydrogen-bond acceptors (Lipinski definition) is 4. The SMILES string of the molecule is C=C[C@@H]1C[C@@H](C[C@H]2C[C@H](CCCc3ccccc3)OC(C)(C)O2)OC(C)(C)O1. The Balaban J connectivity index is 1.53. The minimum Gasteiger partial charge on any atom is -0.347 e. The van der Waals surface area contributed by atoms with E-state index in [2.05, 4.69) is 36.9 Å². The summed E-state index contributed by atoms with van der Waals surface area (Å²) < 4.78 is 24.5. The average Bonchev–Trinajstić information content (AvgIpc) is 2.60. The van der Waals surface area contributed by atoms with E-state index in [-0.39, 0.29) is 24.4 Å². The van der Waals surface area contributed by atoms with E-state index < -0.39 is 11.6 Å². The first-order chi connectivity index (χ1) is 13.2. The lowest BCUT2D eigenvalue weighted by molar-refractivity contribution is -0.321. The highest BCUT2D eigenvalue weighted by Crippen LogP contribution is 2.35. The van der Waals surface area contributed by atoms with Crippen LogP contribution in [0.4, 0.5) is 0 Å². The summed E-state index contributed by atoms with van der Waals surface area (Å²) in [6.07, 6.45) is 8.23. The summed E-state index contributed by atoms with van der Waals surface area (Å²) in [5.41, 5.74) is 1.39. The Bertz CT molecular complexity index is 625. The maximum absolute atomic E-state index is 6.24. The van der Waals surface area contributed by atoms with Gasteiger partial charge in [0.2, 0.25) is 0 Å². The molecule has 4 nitrogen and oxygen atoms in total. The topological polar surface area (TPSA) is 36.9 Å². The maximum atomic E-state index is 6.24. The van der Waals surface area contributed by atoms with E-state index in [0.29, 0.717) is 0 Å². The molecule has 2 saturated heterocycles. The van der Waals surface area contributed by atoms with Gasteiger partial charge in [-0.25, -0.2) is 0 Å². The number of aryl methyl sites for hydroxylation is 1. The summed E-state index contributed by atoms with van der Waals surface area (Å²) in [5, 5.41) is 0. The molecule has 0 aromatic heterocycles. The third-order valence-corrected chi connectivity index (χ3v) is 5.43. The van der Waals surface area contributed by atoms with Gasteiger partial charge in [-0.3, -0.25) is 0 Å². The normalized spacial score (nSPS) is 32.0. The molecule has 2 aliphatic heterocycles. The first-order valence-corrected chi connectivity index (χ1v) is 10.6. The van der Waals surface area contributed by atoms with Crippen LogP contribution in [0.5, 0.6) is 0 Å². The van der Waals surface area contributed by atoms with Gasteiger partial charge in [0.1, 0.15) is 0 Å². The highest BCUT2D eigenvalue weighted by Gasteiger charge is 2.40. The maximum Gasteiger partial charge on any atom is 0.163 e. The number of hydrogen-bond donors (Lipinski definition) is 0. The lowest BCUT2D eigenvalue weighted by Gasteiger charge is -2.44. The molecule has 0 amide bonds. The molecule has 2 aliphatic rings. The van der Waals surface area contributed by atoms with Crippen LogP contribution in [-0.2, 0) is 25.4 Å². The van der Waals surface area contributed by atoms with Gasteiger partial charge in [0, 0.05) is 19.3 Å². The molecule has 2 fully saturated rings. The Hall–Kier alpha value is -1.20. The molecule has 1 aromatic rings. The monoisotopic (exact) mass is 388 g/mol. The molecule has 0 N–H and O–H groups in total. The second kappa shape index (κ2) is 9.08. The zero-order valence-electron chi connectivity index (χ0n) is 17.9. The molecule has 4 heteroatoms. The fraction of sp³-hybridized carbons (Fsp3) is 0.667. The third-order valence-electron chi connectivity index (χ3n) is 5.43. The molecule has 0 spiro atoms. The first-order valence-electron chi connectivity index (χ1n) is 10.6. The molecular weight excluding hydrogens is 352 g/mol. The van der Waals surface area contributed by atoms with Gasteiger partial charge >= 0.3 is 0 Å². The van der Waals surface area contributed by atoms with Crippen LogP contribution >= 0.6 is 0 Å². The Morgan fingerprint density at radius 2 is 1.50 bits per heavy atom. The van der Waals surface area contributed by atoms with Crippen LogP contribution in [0.1, 0.15) is 65.4 Å². The lowest BCUT2D eigenvalue weighted by atomic mass is 9.95. The van der Waals surface area contributed by atoms with E-state index in [9.17, 15) is 0 Å². The van der Waals surface area contributed by atoms with Crippen molar-refractivity contribution in [1.29, 1.82) is 0 Å². The van der Waals surface area contributed by atoms with Gasteiger partial charge < -0.3 is 18.9 Å². The summed E-state index contributed by atoms with van der Waals surface area (Å²) in [7, 11) is 0. The molecule has 0 bridgehead atoms. The standard InChI is InChI=1S/C24H36O4/c1-6-19-15-21(27-23(2,3)25-19)17-22-16-20(26-24(4,5)28-22)14-10-13-18-11-8-7-9-12-18/h6-9,11-12,19-22H,1,10,13-17H2,2-5H3/t19-,20+,21+,22-/m1/s1. The van der Waals surface area contributed by atoms with Crippen molar-refractivity contribution < 1.29 is 18.9 Å². The lowest BCUT2D eigenvalue weighted by Crippen LogP contribution is -2.49. The van der Waals surface area contributed by atoms with Crippen LogP contribution in [0, 0.1) is 0 Å². The Kier molecular flexibility index (Phi) is 6.98. The predicted octanol–water partition coefficient (Wildman–Crippen LogP) is 5.41. The molecule has 156 valence electrons. The smallest absolute Gasteiger partial charge is 0.163 e. The zero-order valence-corrected chi connectivity index (χ0v) is 17.9. The minimum absolute atomic E-state index is 0.0308. The van der Waals surface area contributed by atoms with Gasteiger partial charge in [-0.15, -0.1) is 6.58 Å². The summed E-state index contributed by atoms with van der Waals surface area (Å²) in [6, 6.07) is 10.7. The van der Waals surface area contributed by atoms with Gasteiger partial charge in [0.15, 0.2) is 11.6 Å². The molecule has 0 aliphatic carbocycles. The highest BCUT2D eigenvalue weighted by molar-refractivity contribution is 5.14. The molecule has 2 heterocycles. The van der Waals surface area contributed by atoms with Crippen LogP contribution in [0.15, 0.2) is 43.0 Å². The van der Waals surface area contributed by atoms with Crippen molar-refractivity contribution in [3.05, 3.63) is 48.6 Å². The van der Waals surface area contributed by atoms with Gasteiger partial charge in [-0.2, -0.15) is 0 Å². The second-order valence-electron chi connectivity index (χ2n) is 9.00. The van der Waals surface area contributed by atoms with Crippen molar-refractivity contribution in [2.45, 2.75) is 102 Å². The predicted molar refractivity (Wildman–Crippen MR) is 111 cm³/mol. The quantitative estimate of drug-likeness (QED) is 0.586. The van der Waals surface area contributed by atoms with Crippen molar-refractivity contribution in [2.24, 2.45) is 0 Å². The average molecular weight is 389 g/mol. The van der Waals surface area contributed by atoms with E-state index in [4.69, 9.17) is 18.9 Å². The van der Waals surface area contributed by atoms with Gasteiger partial charge in [-0.05, 0) is 52.5 Å². The zero-order chi connectivity index (χ0) is 20.2.